The fraction of sp³-hybridized carbons (Fsp3) is 0.700. The molecule has 1 heterocycles. The summed E-state index contributed by atoms with van der Waals surface area (Å²) in [5.74, 6) is -0.158. The van der Waals surface area contributed by atoms with Gasteiger partial charge in [0.15, 0.2) is 0 Å². The van der Waals surface area contributed by atoms with Gasteiger partial charge in [-0.2, -0.15) is 0 Å². The van der Waals surface area contributed by atoms with Crippen molar-refractivity contribution in [3.05, 3.63) is 10.6 Å². The number of rotatable bonds is 4. The van der Waals surface area contributed by atoms with Crippen LogP contribution in [0.3, 0.4) is 0 Å². The highest BCUT2D eigenvalue weighted by Gasteiger charge is 2.31. The van der Waals surface area contributed by atoms with Gasteiger partial charge in [0.05, 0.1) is 6.61 Å². The highest BCUT2D eigenvalue weighted by molar-refractivity contribution is 6.36. The van der Waals surface area contributed by atoms with E-state index in [1.807, 2.05) is 11.8 Å². The van der Waals surface area contributed by atoms with Gasteiger partial charge in [0, 0.05) is 17.1 Å². The lowest BCUT2D eigenvalue weighted by Gasteiger charge is -2.21. The van der Waals surface area contributed by atoms with Crippen molar-refractivity contribution < 1.29 is 9.53 Å². The number of ether oxygens (including phenoxy) is 1. The zero-order valence-corrected chi connectivity index (χ0v) is 10.2. The average Bonchev–Trinajstić information content (AvgIpc) is 2.66. The number of hydrogen-bond acceptors (Lipinski definition) is 3. The molecule has 0 N–H and O–H groups in total. The summed E-state index contributed by atoms with van der Waals surface area (Å²) in [5.41, 5.74) is 1.34. The van der Waals surface area contributed by atoms with Crippen LogP contribution in [-0.4, -0.2) is 36.6 Å². The molecule has 0 radical (unpaired) electrons. The van der Waals surface area contributed by atoms with Crippen molar-refractivity contribution in [2.75, 3.05) is 19.7 Å². The topological polar surface area (TPSA) is 29.5 Å². The Kier molecular flexibility index (Phi) is 5.43. The lowest BCUT2D eigenvalue weighted by Crippen LogP contribution is -2.38. The number of carbonyl (C=O) groups excluding carboxylic acids is 1. The third-order valence-corrected chi connectivity index (χ3v) is 3.00. The van der Waals surface area contributed by atoms with E-state index in [4.69, 9.17) is 27.9 Å². The molecule has 15 heavy (non-hydrogen) atoms. The molecule has 1 saturated heterocycles. The third-order valence-electron chi connectivity index (χ3n) is 2.39. The summed E-state index contributed by atoms with van der Waals surface area (Å²) in [4.78, 5) is 13.6. The molecule has 0 spiro atoms. The van der Waals surface area contributed by atoms with Gasteiger partial charge in [-0.05, 0) is 26.3 Å². The summed E-state index contributed by atoms with van der Waals surface area (Å²) in [6.45, 7) is 3.62. The van der Waals surface area contributed by atoms with Gasteiger partial charge in [-0.1, -0.05) is 23.2 Å². The van der Waals surface area contributed by atoms with Crippen LogP contribution < -0.4 is 0 Å². The summed E-state index contributed by atoms with van der Waals surface area (Å²) >= 11 is 11.3. The van der Waals surface area contributed by atoms with Crippen molar-refractivity contribution in [3.63, 3.8) is 0 Å². The van der Waals surface area contributed by atoms with E-state index in [9.17, 15) is 4.79 Å². The Hall–Kier alpha value is -0.250. The third kappa shape index (κ3) is 3.67. The van der Waals surface area contributed by atoms with Gasteiger partial charge in [0.25, 0.3) is 0 Å². The van der Waals surface area contributed by atoms with Gasteiger partial charge in [-0.25, -0.2) is 0 Å². The molecule has 0 saturated carbocycles. The molecule has 3 nitrogen and oxygen atoms in total. The van der Waals surface area contributed by atoms with Crippen molar-refractivity contribution in [3.8, 4) is 0 Å². The smallest absolute Gasteiger partial charge is 0.323 e. The molecule has 0 aromatic carbocycles. The van der Waals surface area contributed by atoms with E-state index in [1.165, 1.54) is 5.54 Å². The first-order valence-electron chi connectivity index (χ1n) is 5.04. The Balaban J connectivity index is 2.53. The molecule has 1 atom stereocenters. The molecule has 1 aliphatic heterocycles. The number of carbonyl (C=O) groups is 1. The maximum absolute atomic E-state index is 11.6. The normalized spacial score (nSPS) is 23.1. The summed E-state index contributed by atoms with van der Waals surface area (Å²) in [6.07, 6.45) is 1.83. The van der Waals surface area contributed by atoms with Crippen LogP contribution >= 0.6 is 23.2 Å². The van der Waals surface area contributed by atoms with E-state index in [0.717, 1.165) is 19.4 Å². The Morgan fingerprint density at radius 3 is 3.00 bits per heavy atom. The van der Waals surface area contributed by atoms with Gasteiger partial charge < -0.3 is 4.74 Å². The number of halogens is 2. The van der Waals surface area contributed by atoms with Crippen molar-refractivity contribution >= 4 is 29.2 Å². The van der Waals surface area contributed by atoms with Crippen LogP contribution in [0.1, 0.15) is 19.8 Å². The fourth-order valence-electron chi connectivity index (χ4n) is 1.75. The van der Waals surface area contributed by atoms with Crippen molar-refractivity contribution in [1.82, 2.24) is 4.90 Å². The monoisotopic (exact) mass is 251 g/mol. The maximum Gasteiger partial charge on any atom is 0.323 e. The predicted octanol–water partition coefficient (Wildman–Crippen LogP) is 2.33. The fourth-order valence-corrected chi connectivity index (χ4v) is 1.97. The van der Waals surface area contributed by atoms with Crippen LogP contribution in [0.25, 0.3) is 0 Å². The SMILES string of the molecule is CCOC(=O)C1CCCN1CC(Cl)=CCl. The van der Waals surface area contributed by atoms with Crippen molar-refractivity contribution in [2.45, 2.75) is 25.8 Å². The van der Waals surface area contributed by atoms with Crippen LogP contribution in [0.4, 0.5) is 0 Å². The minimum Gasteiger partial charge on any atom is -0.465 e. The van der Waals surface area contributed by atoms with E-state index >= 15 is 0 Å². The zero-order chi connectivity index (χ0) is 11.3. The first kappa shape index (κ1) is 12.8. The summed E-state index contributed by atoms with van der Waals surface area (Å²) in [6, 6.07) is -0.157. The second kappa shape index (κ2) is 6.36. The molecule has 1 fully saturated rings. The first-order valence-corrected chi connectivity index (χ1v) is 5.86. The molecular formula is C10H15Cl2NO2. The quantitative estimate of drug-likeness (QED) is 0.719. The molecule has 5 heteroatoms. The van der Waals surface area contributed by atoms with E-state index in [-0.39, 0.29) is 12.0 Å². The molecule has 0 bridgehead atoms. The van der Waals surface area contributed by atoms with E-state index < -0.39 is 0 Å². The largest absolute Gasteiger partial charge is 0.465 e. The van der Waals surface area contributed by atoms with Crippen LogP contribution in [0.15, 0.2) is 10.6 Å². The van der Waals surface area contributed by atoms with E-state index in [1.54, 1.807) is 0 Å². The van der Waals surface area contributed by atoms with Crippen LogP contribution in [0.5, 0.6) is 0 Å². The Labute approximate surface area is 100.0 Å². The van der Waals surface area contributed by atoms with Gasteiger partial charge in [-0.3, -0.25) is 9.69 Å². The second-order valence-electron chi connectivity index (χ2n) is 3.44. The first-order chi connectivity index (χ1) is 7.19. The lowest BCUT2D eigenvalue weighted by atomic mass is 10.2. The molecule has 0 aromatic heterocycles. The minimum absolute atomic E-state index is 0.157. The Morgan fingerprint density at radius 1 is 1.67 bits per heavy atom. The summed E-state index contributed by atoms with van der Waals surface area (Å²) < 4.78 is 5.00. The van der Waals surface area contributed by atoms with Gasteiger partial charge in [0.1, 0.15) is 6.04 Å². The molecular weight excluding hydrogens is 237 g/mol. The van der Waals surface area contributed by atoms with Crippen LogP contribution in [0, 0.1) is 0 Å². The van der Waals surface area contributed by atoms with E-state index in [2.05, 4.69) is 0 Å². The number of likely N-dealkylation sites (tertiary alicyclic amines) is 1. The lowest BCUT2D eigenvalue weighted by molar-refractivity contribution is -0.148. The van der Waals surface area contributed by atoms with Crippen LogP contribution in [-0.2, 0) is 9.53 Å². The highest BCUT2D eigenvalue weighted by Crippen LogP contribution is 2.21. The van der Waals surface area contributed by atoms with Crippen LogP contribution in [0.2, 0.25) is 0 Å². The molecule has 0 aliphatic carbocycles. The molecule has 0 amide bonds. The molecule has 1 unspecified atom stereocenters. The highest BCUT2D eigenvalue weighted by atomic mass is 35.5. The minimum atomic E-state index is -0.158. The molecule has 1 rings (SSSR count). The predicted molar refractivity (Wildman–Crippen MR) is 61.0 cm³/mol. The van der Waals surface area contributed by atoms with Crippen molar-refractivity contribution in [2.24, 2.45) is 0 Å². The summed E-state index contributed by atoms with van der Waals surface area (Å²) in [5, 5.41) is 0.549. The Bertz CT molecular complexity index is 256. The second-order valence-corrected chi connectivity index (χ2v) is 4.14. The molecule has 86 valence electrons. The number of hydrogen-bond donors (Lipinski definition) is 0. The summed E-state index contributed by atoms with van der Waals surface area (Å²) in [7, 11) is 0. The van der Waals surface area contributed by atoms with Gasteiger partial charge in [0.2, 0.25) is 0 Å². The average molecular weight is 252 g/mol. The van der Waals surface area contributed by atoms with Gasteiger partial charge >= 0.3 is 5.97 Å². The zero-order valence-electron chi connectivity index (χ0n) is 8.71. The number of esters is 1. The standard InChI is InChI=1S/C10H15Cl2NO2/c1-2-15-10(14)9-4-3-5-13(9)7-8(12)6-11/h6,9H,2-5,7H2,1H3. The van der Waals surface area contributed by atoms with Crippen molar-refractivity contribution in [1.29, 1.82) is 0 Å². The molecule has 0 aromatic rings. The Morgan fingerprint density at radius 2 is 2.40 bits per heavy atom. The molecule has 1 aliphatic rings. The van der Waals surface area contributed by atoms with E-state index in [0.29, 0.717) is 18.2 Å². The van der Waals surface area contributed by atoms with Gasteiger partial charge in [-0.15, -0.1) is 0 Å². The number of nitrogens with zero attached hydrogens (tertiary/aromatic N) is 1. The maximum atomic E-state index is 11.6.